The lowest BCUT2D eigenvalue weighted by Gasteiger charge is -2.11. The van der Waals surface area contributed by atoms with Crippen LogP contribution in [0.5, 0.6) is 0 Å². The van der Waals surface area contributed by atoms with Crippen LogP contribution in [0.1, 0.15) is 35.0 Å². The Hall–Kier alpha value is -2.50. The van der Waals surface area contributed by atoms with Gasteiger partial charge in [0.2, 0.25) is 0 Å². The van der Waals surface area contributed by atoms with Gasteiger partial charge in [0.05, 0.1) is 11.5 Å². The summed E-state index contributed by atoms with van der Waals surface area (Å²) in [7, 11) is 0. The third-order valence-corrected chi connectivity index (χ3v) is 6.46. The van der Waals surface area contributed by atoms with E-state index in [0.717, 1.165) is 27.5 Å². The Bertz CT molecular complexity index is 1090. The number of aromatic nitrogens is 1. The second kappa shape index (κ2) is 9.54. The van der Waals surface area contributed by atoms with Crippen molar-refractivity contribution in [1.82, 2.24) is 9.99 Å². The highest BCUT2D eigenvalue weighted by molar-refractivity contribution is 8.00. The highest BCUT2D eigenvalue weighted by Gasteiger charge is 2.14. The topological polar surface area (TPSA) is 46.4 Å². The van der Waals surface area contributed by atoms with Crippen LogP contribution in [0, 0.1) is 27.7 Å². The van der Waals surface area contributed by atoms with Crippen LogP contribution in [-0.4, -0.2) is 21.9 Å². The van der Waals surface area contributed by atoms with Crippen molar-refractivity contribution in [2.45, 2.75) is 44.8 Å². The molecule has 0 saturated heterocycles. The van der Waals surface area contributed by atoms with Crippen LogP contribution in [0.3, 0.4) is 0 Å². The van der Waals surface area contributed by atoms with Crippen LogP contribution >= 0.6 is 23.4 Å². The molecule has 0 aliphatic heterocycles. The molecule has 6 heteroatoms. The lowest BCUT2D eigenvalue weighted by Crippen LogP contribution is -2.26. The minimum atomic E-state index is -0.272. The van der Waals surface area contributed by atoms with Gasteiger partial charge in [0.1, 0.15) is 0 Å². The summed E-state index contributed by atoms with van der Waals surface area (Å²) < 4.78 is 2.20. The van der Waals surface area contributed by atoms with E-state index >= 15 is 0 Å². The summed E-state index contributed by atoms with van der Waals surface area (Å²) in [5.74, 6) is -0.144. The molecule has 1 amide bonds. The first-order valence-electron chi connectivity index (χ1n) is 9.78. The Labute approximate surface area is 187 Å². The number of halogens is 1. The lowest BCUT2D eigenvalue weighted by atomic mass is 10.1. The number of rotatable bonds is 6. The summed E-state index contributed by atoms with van der Waals surface area (Å²) in [5.41, 5.74) is 9.49. The molecule has 0 radical (unpaired) electrons. The van der Waals surface area contributed by atoms with E-state index in [1.807, 2.05) is 31.2 Å². The molecule has 0 aliphatic rings. The third-order valence-electron chi connectivity index (χ3n) is 5.09. The number of carbonyl (C=O) groups excluding carboxylic acids is 1. The number of amides is 1. The van der Waals surface area contributed by atoms with Gasteiger partial charge in [-0.05, 0) is 88.2 Å². The molecule has 0 aliphatic carbocycles. The van der Waals surface area contributed by atoms with E-state index in [4.69, 9.17) is 11.6 Å². The van der Waals surface area contributed by atoms with Crippen molar-refractivity contribution in [3.05, 3.63) is 81.6 Å². The number of nitrogens with one attached hydrogen (secondary N) is 1. The van der Waals surface area contributed by atoms with Crippen molar-refractivity contribution >= 4 is 35.5 Å². The first-order valence-corrected chi connectivity index (χ1v) is 11.0. The van der Waals surface area contributed by atoms with Crippen LogP contribution in [0.15, 0.2) is 58.5 Å². The second-order valence-corrected chi connectivity index (χ2v) is 9.23. The molecule has 1 N–H and O–H groups in total. The molecule has 0 unspecified atom stereocenters. The number of benzene rings is 2. The Morgan fingerprint density at radius 3 is 2.43 bits per heavy atom. The first kappa shape index (κ1) is 22.2. The second-order valence-electron chi connectivity index (χ2n) is 7.38. The zero-order valence-electron chi connectivity index (χ0n) is 17.9. The molecule has 3 rings (SSSR count). The number of nitrogens with zero attached hydrogens (tertiary/aromatic N) is 2. The molecule has 30 heavy (non-hydrogen) atoms. The summed E-state index contributed by atoms with van der Waals surface area (Å²) >= 11 is 7.37. The van der Waals surface area contributed by atoms with Gasteiger partial charge in [-0.3, -0.25) is 4.79 Å². The first-order chi connectivity index (χ1) is 14.3. The molecule has 156 valence electrons. The Kier molecular flexibility index (Phi) is 7.06. The van der Waals surface area contributed by atoms with Gasteiger partial charge in [-0.1, -0.05) is 17.7 Å². The molecule has 1 atom stereocenters. The van der Waals surface area contributed by atoms with Crippen molar-refractivity contribution in [2.75, 3.05) is 0 Å². The number of hydrazone groups is 1. The predicted octanol–water partition coefficient (Wildman–Crippen LogP) is 6.00. The van der Waals surface area contributed by atoms with Gasteiger partial charge < -0.3 is 4.57 Å². The molecule has 1 aromatic heterocycles. The van der Waals surface area contributed by atoms with Crippen LogP contribution in [0.2, 0.25) is 5.02 Å². The van der Waals surface area contributed by atoms with Gasteiger partial charge >= 0.3 is 0 Å². The van der Waals surface area contributed by atoms with Gasteiger partial charge in [-0.15, -0.1) is 11.8 Å². The van der Waals surface area contributed by atoms with Crippen molar-refractivity contribution in [1.29, 1.82) is 0 Å². The van der Waals surface area contributed by atoms with E-state index in [0.29, 0.717) is 5.02 Å². The standard InChI is InChI=1S/C24H26ClN3OS/c1-15-6-9-22(12-16(15)2)28-17(3)13-20(18(28)4)14-26-27-24(29)19(5)30-23-10-7-21(25)8-11-23/h6-14,19H,1-5H3,(H,27,29)/b26-14-/t19-/m0/s1. The zero-order chi connectivity index (χ0) is 21.8. The van der Waals surface area contributed by atoms with Gasteiger partial charge in [0.15, 0.2) is 0 Å². The van der Waals surface area contributed by atoms with Crippen molar-refractivity contribution in [3.63, 3.8) is 0 Å². The molecular formula is C24H26ClN3OS. The maximum absolute atomic E-state index is 12.4. The normalized spacial score (nSPS) is 12.3. The highest BCUT2D eigenvalue weighted by atomic mass is 35.5. The maximum atomic E-state index is 12.4. The highest BCUT2D eigenvalue weighted by Crippen LogP contribution is 2.25. The molecule has 0 saturated carbocycles. The Morgan fingerprint density at radius 2 is 1.77 bits per heavy atom. The summed E-state index contributed by atoms with van der Waals surface area (Å²) in [6.07, 6.45) is 1.71. The summed E-state index contributed by atoms with van der Waals surface area (Å²) in [6.45, 7) is 10.2. The third kappa shape index (κ3) is 5.15. The van der Waals surface area contributed by atoms with E-state index < -0.39 is 0 Å². The molecule has 0 bridgehead atoms. The molecule has 0 spiro atoms. The number of hydrogen-bond acceptors (Lipinski definition) is 3. The Balaban J connectivity index is 1.68. The average molecular weight is 440 g/mol. The smallest absolute Gasteiger partial charge is 0.253 e. The van der Waals surface area contributed by atoms with Crippen molar-refractivity contribution in [3.8, 4) is 5.69 Å². The predicted molar refractivity (Wildman–Crippen MR) is 127 cm³/mol. The Morgan fingerprint density at radius 1 is 1.07 bits per heavy atom. The minimum absolute atomic E-state index is 0.144. The number of carbonyl (C=O) groups is 1. The minimum Gasteiger partial charge on any atom is -0.318 e. The number of hydrogen-bond donors (Lipinski definition) is 1. The van der Waals surface area contributed by atoms with Crippen LogP contribution < -0.4 is 5.43 Å². The van der Waals surface area contributed by atoms with E-state index in [9.17, 15) is 4.79 Å². The quantitative estimate of drug-likeness (QED) is 0.291. The number of aryl methyl sites for hydroxylation is 3. The molecule has 2 aromatic carbocycles. The molecule has 0 fully saturated rings. The average Bonchev–Trinajstić information content (AvgIpc) is 2.99. The van der Waals surface area contributed by atoms with Crippen LogP contribution in [0.4, 0.5) is 0 Å². The fraction of sp³-hybridized carbons (Fsp3) is 0.250. The lowest BCUT2D eigenvalue weighted by molar-refractivity contribution is -0.120. The largest absolute Gasteiger partial charge is 0.318 e. The monoisotopic (exact) mass is 439 g/mol. The van der Waals surface area contributed by atoms with E-state index in [-0.39, 0.29) is 11.2 Å². The SMILES string of the molecule is Cc1ccc(-n2c(C)cc(/C=N\NC(=O)[C@H](C)Sc3ccc(Cl)cc3)c2C)cc1C. The summed E-state index contributed by atoms with van der Waals surface area (Å²) in [4.78, 5) is 13.4. The van der Waals surface area contributed by atoms with Crippen molar-refractivity contribution in [2.24, 2.45) is 5.10 Å². The maximum Gasteiger partial charge on any atom is 0.253 e. The van der Waals surface area contributed by atoms with Gasteiger partial charge in [-0.2, -0.15) is 5.10 Å². The number of thioether (sulfide) groups is 1. The summed E-state index contributed by atoms with van der Waals surface area (Å²) in [6, 6.07) is 16.0. The van der Waals surface area contributed by atoms with Gasteiger partial charge in [0, 0.05) is 32.6 Å². The molecule has 4 nitrogen and oxygen atoms in total. The molecular weight excluding hydrogens is 414 g/mol. The fourth-order valence-electron chi connectivity index (χ4n) is 3.21. The van der Waals surface area contributed by atoms with Crippen molar-refractivity contribution < 1.29 is 4.79 Å². The van der Waals surface area contributed by atoms with E-state index in [1.165, 1.54) is 22.9 Å². The fourth-order valence-corrected chi connectivity index (χ4v) is 4.19. The van der Waals surface area contributed by atoms with Crippen LogP contribution in [-0.2, 0) is 4.79 Å². The van der Waals surface area contributed by atoms with E-state index in [1.54, 1.807) is 6.21 Å². The van der Waals surface area contributed by atoms with E-state index in [2.05, 4.69) is 67.1 Å². The van der Waals surface area contributed by atoms with Crippen LogP contribution in [0.25, 0.3) is 5.69 Å². The zero-order valence-corrected chi connectivity index (χ0v) is 19.4. The van der Waals surface area contributed by atoms with Gasteiger partial charge in [-0.25, -0.2) is 5.43 Å². The summed E-state index contributed by atoms with van der Waals surface area (Å²) in [5, 5.41) is 4.59. The molecule has 1 heterocycles. The van der Waals surface area contributed by atoms with Gasteiger partial charge in [0.25, 0.3) is 5.91 Å². The molecule has 3 aromatic rings.